The molecule has 0 spiro atoms. The highest BCUT2D eigenvalue weighted by atomic mass is 16.2. The molecule has 8 heteroatoms. The minimum absolute atomic E-state index is 0.0448. The molecule has 0 aliphatic carbocycles. The lowest BCUT2D eigenvalue weighted by Crippen LogP contribution is -2.38. The number of amides is 3. The van der Waals surface area contributed by atoms with Crippen LogP contribution >= 0.6 is 0 Å². The molecule has 0 saturated heterocycles. The molecule has 0 bridgehead atoms. The number of anilines is 1. The lowest BCUT2D eigenvalue weighted by Gasteiger charge is -2.28. The van der Waals surface area contributed by atoms with Crippen molar-refractivity contribution in [2.75, 3.05) is 25.0 Å². The number of fused-ring (bicyclic) bond motifs is 1. The highest BCUT2D eigenvalue weighted by Crippen LogP contribution is 2.26. The van der Waals surface area contributed by atoms with Crippen molar-refractivity contribution in [1.82, 2.24) is 14.9 Å². The molecule has 2 aliphatic heterocycles. The summed E-state index contributed by atoms with van der Waals surface area (Å²) in [6, 6.07) is 9.77. The molecule has 0 fully saturated rings. The van der Waals surface area contributed by atoms with Gasteiger partial charge in [-0.05, 0) is 54.3 Å². The van der Waals surface area contributed by atoms with Gasteiger partial charge in [0.15, 0.2) is 0 Å². The standard InChI is InChI=1S/C25H32N6O2/c1-18-14-23(32)31(13-5-3-4-11-26)28-24(18)19-6-8-22(9-7-19)29(2)25(33)30-16-20-10-12-27-15-21(20)17-30/h6-10,12,15,18H,3-5,11,13-14,16-17,26H2,1-2H3. The van der Waals surface area contributed by atoms with Gasteiger partial charge in [-0.1, -0.05) is 25.5 Å². The third kappa shape index (κ3) is 5.06. The number of pyridine rings is 1. The average molecular weight is 449 g/mol. The van der Waals surface area contributed by atoms with Gasteiger partial charge in [0.1, 0.15) is 0 Å². The monoisotopic (exact) mass is 448 g/mol. The number of carbonyl (C=O) groups excluding carboxylic acids is 2. The second-order valence-electron chi connectivity index (χ2n) is 8.85. The minimum atomic E-state index is -0.0448. The van der Waals surface area contributed by atoms with Crippen molar-refractivity contribution in [2.24, 2.45) is 16.8 Å². The van der Waals surface area contributed by atoms with Gasteiger partial charge in [0.05, 0.1) is 5.71 Å². The predicted octanol–water partition coefficient (Wildman–Crippen LogP) is 3.36. The SMILES string of the molecule is CC1CC(=O)N(CCCCCN)N=C1c1ccc(N(C)C(=O)N2Cc3ccncc3C2)cc1. The quantitative estimate of drug-likeness (QED) is 0.657. The molecule has 2 aromatic rings. The molecule has 8 nitrogen and oxygen atoms in total. The molecule has 1 unspecified atom stereocenters. The summed E-state index contributed by atoms with van der Waals surface area (Å²) in [5, 5.41) is 6.29. The number of carbonyl (C=O) groups is 2. The number of urea groups is 1. The maximum atomic E-state index is 13.0. The Morgan fingerprint density at radius 1 is 1.12 bits per heavy atom. The van der Waals surface area contributed by atoms with E-state index in [1.165, 1.54) is 0 Å². The van der Waals surface area contributed by atoms with E-state index < -0.39 is 0 Å². The Balaban J connectivity index is 1.43. The first-order valence-corrected chi connectivity index (χ1v) is 11.6. The van der Waals surface area contributed by atoms with Gasteiger partial charge in [-0.15, -0.1) is 0 Å². The van der Waals surface area contributed by atoms with E-state index in [-0.39, 0.29) is 17.9 Å². The number of rotatable bonds is 7. The van der Waals surface area contributed by atoms with Crippen LogP contribution in [0.15, 0.2) is 47.8 Å². The minimum Gasteiger partial charge on any atom is -0.330 e. The summed E-state index contributed by atoms with van der Waals surface area (Å²) in [5.41, 5.74) is 10.5. The zero-order chi connectivity index (χ0) is 23.4. The number of nitrogens with zero attached hydrogens (tertiary/aromatic N) is 5. The van der Waals surface area contributed by atoms with Gasteiger partial charge in [-0.3, -0.25) is 14.7 Å². The van der Waals surface area contributed by atoms with Crippen LogP contribution in [0.4, 0.5) is 10.5 Å². The molecule has 3 heterocycles. The van der Waals surface area contributed by atoms with Gasteiger partial charge in [0.2, 0.25) is 5.91 Å². The first-order valence-electron chi connectivity index (χ1n) is 11.6. The van der Waals surface area contributed by atoms with Crippen LogP contribution in [0.5, 0.6) is 0 Å². The summed E-state index contributed by atoms with van der Waals surface area (Å²) >= 11 is 0. The third-order valence-electron chi connectivity index (χ3n) is 6.37. The molecule has 0 radical (unpaired) electrons. The average Bonchev–Trinajstić information content (AvgIpc) is 3.26. The topological polar surface area (TPSA) is 95.1 Å². The number of benzene rings is 1. The third-order valence-corrected chi connectivity index (χ3v) is 6.37. The molecule has 33 heavy (non-hydrogen) atoms. The smallest absolute Gasteiger partial charge is 0.324 e. The summed E-state index contributed by atoms with van der Waals surface area (Å²) in [6.45, 7) is 4.51. The van der Waals surface area contributed by atoms with Gasteiger partial charge in [-0.25, -0.2) is 9.80 Å². The molecule has 3 amide bonds. The Morgan fingerprint density at radius 3 is 2.61 bits per heavy atom. The maximum absolute atomic E-state index is 13.0. The first-order chi connectivity index (χ1) is 16.0. The van der Waals surface area contributed by atoms with E-state index in [0.717, 1.165) is 47.4 Å². The normalized spacial score (nSPS) is 17.7. The van der Waals surface area contributed by atoms with Crippen LogP contribution in [-0.4, -0.2) is 52.7 Å². The Labute approximate surface area is 195 Å². The van der Waals surface area contributed by atoms with E-state index in [4.69, 9.17) is 5.73 Å². The molecule has 174 valence electrons. The van der Waals surface area contributed by atoms with Crippen molar-refractivity contribution < 1.29 is 9.59 Å². The van der Waals surface area contributed by atoms with Crippen molar-refractivity contribution in [2.45, 2.75) is 45.7 Å². The Hall–Kier alpha value is -3.26. The van der Waals surface area contributed by atoms with Crippen molar-refractivity contribution >= 4 is 23.3 Å². The summed E-state index contributed by atoms with van der Waals surface area (Å²) in [7, 11) is 1.79. The van der Waals surface area contributed by atoms with Crippen LogP contribution < -0.4 is 10.6 Å². The molecule has 2 N–H and O–H groups in total. The second kappa shape index (κ2) is 10.1. The molecular formula is C25H32N6O2. The number of hydrogen-bond donors (Lipinski definition) is 1. The molecule has 4 rings (SSSR count). The van der Waals surface area contributed by atoms with E-state index in [1.54, 1.807) is 23.2 Å². The molecular weight excluding hydrogens is 416 g/mol. The van der Waals surface area contributed by atoms with Gasteiger partial charge < -0.3 is 10.6 Å². The van der Waals surface area contributed by atoms with E-state index in [0.29, 0.717) is 32.6 Å². The summed E-state index contributed by atoms with van der Waals surface area (Å²) in [4.78, 5) is 33.1. The van der Waals surface area contributed by atoms with Gasteiger partial charge in [0, 0.05) is 57.1 Å². The Bertz CT molecular complexity index is 1010. The zero-order valence-electron chi connectivity index (χ0n) is 19.4. The number of hydrazone groups is 1. The Kier molecular flexibility index (Phi) is 7.03. The fourth-order valence-electron chi connectivity index (χ4n) is 4.38. The van der Waals surface area contributed by atoms with Gasteiger partial charge >= 0.3 is 6.03 Å². The van der Waals surface area contributed by atoms with Crippen LogP contribution in [-0.2, 0) is 17.9 Å². The number of hydrogen-bond acceptors (Lipinski definition) is 5. The largest absolute Gasteiger partial charge is 0.330 e. The highest BCUT2D eigenvalue weighted by Gasteiger charge is 2.28. The van der Waals surface area contributed by atoms with Crippen LogP contribution in [0.2, 0.25) is 0 Å². The number of unbranched alkanes of at least 4 members (excludes halogenated alkanes) is 2. The number of aromatic nitrogens is 1. The van der Waals surface area contributed by atoms with Gasteiger partial charge in [0.25, 0.3) is 0 Å². The zero-order valence-corrected chi connectivity index (χ0v) is 19.4. The van der Waals surface area contributed by atoms with Crippen LogP contribution in [0, 0.1) is 5.92 Å². The second-order valence-corrected chi connectivity index (χ2v) is 8.85. The van der Waals surface area contributed by atoms with E-state index in [1.807, 2.05) is 48.4 Å². The summed E-state index contributed by atoms with van der Waals surface area (Å²) in [5.74, 6) is 0.127. The van der Waals surface area contributed by atoms with Crippen LogP contribution in [0.3, 0.4) is 0 Å². The van der Waals surface area contributed by atoms with Crippen molar-refractivity contribution in [1.29, 1.82) is 0 Å². The van der Waals surface area contributed by atoms with Crippen LogP contribution in [0.25, 0.3) is 0 Å². The highest BCUT2D eigenvalue weighted by molar-refractivity contribution is 6.06. The van der Waals surface area contributed by atoms with Crippen molar-refractivity contribution in [3.8, 4) is 0 Å². The van der Waals surface area contributed by atoms with E-state index >= 15 is 0 Å². The molecule has 2 aliphatic rings. The van der Waals surface area contributed by atoms with Crippen molar-refractivity contribution in [3.63, 3.8) is 0 Å². The molecule has 1 aromatic heterocycles. The molecule has 1 aromatic carbocycles. The predicted molar refractivity (Wildman–Crippen MR) is 129 cm³/mol. The molecule has 0 saturated carbocycles. The number of nitrogens with two attached hydrogens (primary N) is 1. The Morgan fingerprint density at radius 2 is 1.88 bits per heavy atom. The maximum Gasteiger partial charge on any atom is 0.324 e. The van der Waals surface area contributed by atoms with E-state index in [9.17, 15) is 9.59 Å². The van der Waals surface area contributed by atoms with Crippen LogP contribution in [0.1, 0.15) is 49.3 Å². The lowest BCUT2D eigenvalue weighted by atomic mass is 9.93. The fourth-order valence-corrected chi connectivity index (χ4v) is 4.38. The van der Waals surface area contributed by atoms with Crippen molar-refractivity contribution in [3.05, 3.63) is 59.4 Å². The van der Waals surface area contributed by atoms with Gasteiger partial charge in [-0.2, -0.15) is 5.10 Å². The first kappa shape index (κ1) is 22.9. The van der Waals surface area contributed by atoms with E-state index in [2.05, 4.69) is 10.1 Å². The fraction of sp³-hybridized carbons (Fsp3) is 0.440. The summed E-state index contributed by atoms with van der Waals surface area (Å²) in [6.07, 6.45) is 6.91. The summed E-state index contributed by atoms with van der Waals surface area (Å²) < 4.78 is 0. The lowest BCUT2D eigenvalue weighted by molar-refractivity contribution is -0.132. The molecule has 1 atom stereocenters.